The van der Waals surface area contributed by atoms with Crippen molar-refractivity contribution in [1.29, 1.82) is 0 Å². The third kappa shape index (κ3) is 3.03. The minimum Gasteiger partial charge on any atom is -0.387 e. The fraction of sp³-hybridized carbons (Fsp3) is 0.571. The third-order valence-corrected chi connectivity index (χ3v) is 6.96. The molecule has 0 saturated carbocycles. The molecule has 0 spiro atoms. The van der Waals surface area contributed by atoms with E-state index in [-0.39, 0.29) is 11.1 Å². The highest BCUT2D eigenvalue weighted by atomic mass is 32.2. The molecule has 18 heavy (non-hydrogen) atoms. The smallest absolute Gasteiger partial charge is 0.123 e. The zero-order valence-corrected chi connectivity index (χ0v) is 12.5. The standard InChI is InChI=1S/C14H19FOS2/c1-8-6-11(15)4-5-12(8)14(16)13-7-17-9(2)10(3)18-13/h4-6,9-10,13-14,16H,7H2,1-3H3. The molecule has 2 rings (SSSR count). The molecule has 1 N–H and O–H groups in total. The summed E-state index contributed by atoms with van der Waals surface area (Å²) in [6.45, 7) is 6.29. The van der Waals surface area contributed by atoms with Gasteiger partial charge in [-0.15, -0.1) is 0 Å². The second kappa shape index (κ2) is 5.85. The fourth-order valence-corrected chi connectivity index (χ4v) is 5.14. The van der Waals surface area contributed by atoms with Crippen LogP contribution in [-0.2, 0) is 0 Å². The van der Waals surface area contributed by atoms with Gasteiger partial charge in [0.05, 0.1) is 6.10 Å². The predicted molar refractivity (Wildman–Crippen MR) is 78.9 cm³/mol. The molecule has 0 bridgehead atoms. The summed E-state index contributed by atoms with van der Waals surface area (Å²) in [7, 11) is 0. The van der Waals surface area contributed by atoms with E-state index in [0.29, 0.717) is 10.5 Å². The number of benzene rings is 1. The average Bonchev–Trinajstić information content (AvgIpc) is 2.32. The number of aryl methyl sites for hydroxylation is 1. The highest BCUT2D eigenvalue weighted by Gasteiger charge is 2.31. The SMILES string of the molecule is Cc1cc(F)ccc1C(O)C1CSC(C)C(C)S1. The first kappa shape index (κ1) is 14.2. The van der Waals surface area contributed by atoms with Gasteiger partial charge in [-0.05, 0) is 30.2 Å². The Morgan fingerprint density at radius 1 is 1.33 bits per heavy atom. The number of hydrogen-bond donors (Lipinski definition) is 1. The molecule has 100 valence electrons. The van der Waals surface area contributed by atoms with Gasteiger partial charge in [0.25, 0.3) is 0 Å². The summed E-state index contributed by atoms with van der Waals surface area (Å²) >= 11 is 3.76. The molecule has 1 aromatic carbocycles. The summed E-state index contributed by atoms with van der Waals surface area (Å²) in [5.74, 6) is 0.713. The van der Waals surface area contributed by atoms with Gasteiger partial charge in [-0.25, -0.2) is 4.39 Å². The van der Waals surface area contributed by atoms with Crippen LogP contribution in [0.1, 0.15) is 31.1 Å². The van der Waals surface area contributed by atoms with E-state index < -0.39 is 6.10 Å². The topological polar surface area (TPSA) is 20.2 Å². The van der Waals surface area contributed by atoms with Crippen LogP contribution < -0.4 is 0 Å². The first-order chi connectivity index (χ1) is 8.49. The zero-order valence-electron chi connectivity index (χ0n) is 10.9. The molecule has 0 amide bonds. The molecule has 0 aliphatic carbocycles. The normalized spacial score (nSPS) is 30.2. The molecule has 4 atom stereocenters. The monoisotopic (exact) mass is 286 g/mol. The lowest BCUT2D eigenvalue weighted by molar-refractivity contribution is 0.179. The van der Waals surface area contributed by atoms with Crippen LogP contribution in [0.3, 0.4) is 0 Å². The van der Waals surface area contributed by atoms with E-state index in [1.54, 1.807) is 6.07 Å². The molecular formula is C14H19FOS2. The van der Waals surface area contributed by atoms with Gasteiger partial charge in [-0.3, -0.25) is 0 Å². The van der Waals surface area contributed by atoms with Crippen molar-refractivity contribution >= 4 is 23.5 Å². The lowest BCUT2D eigenvalue weighted by Crippen LogP contribution is -2.30. The maximum Gasteiger partial charge on any atom is 0.123 e. The molecule has 1 aliphatic heterocycles. The van der Waals surface area contributed by atoms with Gasteiger partial charge in [0.1, 0.15) is 5.82 Å². The summed E-state index contributed by atoms with van der Waals surface area (Å²) in [5, 5.41) is 11.8. The number of hydrogen-bond acceptors (Lipinski definition) is 3. The molecule has 4 heteroatoms. The van der Waals surface area contributed by atoms with Crippen LogP contribution in [-0.4, -0.2) is 26.6 Å². The molecule has 1 aliphatic rings. The van der Waals surface area contributed by atoms with E-state index in [2.05, 4.69) is 13.8 Å². The van der Waals surface area contributed by atoms with E-state index in [1.807, 2.05) is 30.4 Å². The van der Waals surface area contributed by atoms with Gasteiger partial charge in [0.15, 0.2) is 0 Å². The quantitative estimate of drug-likeness (QED) is 0.893. The van der Waals surface area contributed by atoms with E-state index in [0.717, 1.165) is 16.9 Å². The highest BCUT2D eigenvalue weighted by molar-refractivity contribution is 8.07. The largest absolute Gasteiger partial charge is 0.387 e. The molecule has 1 aromatic rings. The molecule has 1 heterocycles. The van der Waals surface area contributed by atoms with Crippen molar-refractivity contribution in [3.8, 4) is 0 Å². The average molecular weight is 286 g/mol. The van der Waals surface area contributed by atoms with Gasteiger partial charge >= 0.3 is 0 Å². The number of thioether (sulfide) groups is 2. The lowest BCUT2D eigenvalue weighted by atomic mass is 10.0. The fourth-order valence-electron chi connectivity index (χ4n) is 2.14. The first-order valence-electron chi connectivity index (χ1n) is 6.20. The molecule has 1 fully saturated rings. The van der Waals surface area contributed by atoms with Crippen LogP contribution >= 0.6 is 23.5 Å². The Labute approximate surface area is 117 Å². The van der Waals surface area contributed by atoms with Crippen molar-refractivity contribution in [2.45, 2.75) is 42.6 Å². The summed E-state index contributed by atoms with van der Waals surface area (Å²) in [4.78, 5) is 0. The van der Waals surface area contributed by atoms with Gasteiger partial charge in [-0.1, -0.05) is 19.9 Å². The molecule has 4 unspecified atom stereocenters. The van der Waals surface area contributed by atoms with Crippen LogP contribution in [0, 0.1) is 12.7 Å². The van der Waals surface area contributed by atoms with E-state index in [1.165, 1.54) is 12.1 Å². The second-order valence-electron chi connectivity index (χ2n) is 4.86. The Morgan fingerprint density at radius 2 is 2.06 bits per heavy atom. The minimum absolute atomic E-state index is 0.199. The summed E-state index contributed by atoms with van der Waals surface area (Å²) in [6, 6.07) is 4.63. The third-order valence-electron chi connectivity index (χ3n) is 3.48. The van der Waals surface area contributed by atoms with Crippen molar-refractivity contribution in [2.24, 2.45) is 0 Å². The Balaban J connectivity index is 2.13. The molecule has 0 radical (unpaired) electrons. The van der Waals surface area contributed by atoms with Gasteiger partial charge in [0.2, 0.25) is 0 Å². The van der Waals surface area contributed by atoms with Crippen LogP contribution in [0.25, 0.3) is 0 Å². The van der Waals surface area contributed by atoms with Crippen LogP contribution in [0.4, 0.5) is 4.39 Å². The molecular weight excluding hydrogens is 267 g/mol. The van der Waals surface area contributed by atoms with Crippen molar-refractivity contribution in [3.63, 3.8) is 0 Å². The Hall–Kier alpha value is -0.190. The Kier molecular flexibility index (Phi) is 4.62. The number of halogens is 1. The number of aliphatic hydroxyl groups excluding tert-OH is 1. The number of rotatable bonds is 2. The minimum atomic E-state index is -0.502. The molecule has 1 saturated heterocycles. The summed E-state index contributed by atoms with van der Waals surface area (Å²) in [5.41, 5.74) is 1.69. The summed E-state index contributed by atoms with van der Waals surface area (Å²) in [6.07, 6.45) is -0.502. The second-order valence-corrected chi connectivity index (χ2v) is 7.90. The highest BCUT2D eigenvalue weighted by Crippen LogP contribution is 2.41. The van der Waals surface area contributed by atoms with Crippen molar-refractivity contribution in [2.75, 3.05) is 5.75 Å². The van der Waals surface area contributed by atoms with Crippen molar-refractivity contribution < 1.29 is 9.50 Å². The van der Waals surface area contributed by atoms with E-state index in [4.69, 9.17) is 0 Å². The van der Waals surface area contributed by atoms with E-state index in [9.17, 15) is 9.50 Å². The predicted octanol–water partition coefficient (Wildman–Crippen LogP) is 3.79. The van der Waals surface area contributed by atoms with Crippen LogP contribution in [0.2, 0.25) is 0 Å². The maximum atomic E-state index is 13.1. The van der Waals surface area contributed by atoms with Crippen LogP contribution in [0.15, 0.2) is 18.2 Å². The number of aliphatic hydroxyl groups is 1. The van der Waals surface area contributed by atoms with E-state index >= 15 is 0 Å². The maximum absolute atomic E-state index is 13.1. The van der Waals surface area contributed by atoms with Crippen molar-refractivity contribution in [1.82, 2.24) is 0 Å². The van der Waals surface area contributed by atoms with Gasteiger partial charge in [0, 0.05) is 21.5 Å². The first-order valence-corrected chi connectivity index (χ1v) is 8.19. The van der Waals surface area contributed by atoms with Crippen LogP contribution in [0.5, 0.6) is 0 Å². The van der Waals surface area contributed by atoms with Gasteiger partial charge < -0.3 is 5.11 Å². The lowest BCUT2D eigenvalue weighted by Gasteiger charge is -2.34. The zero-order chi connectivity index (χ0) is 13.3. The molecule has 1 nitrogen and oxygen atoms in total. The summed E-state index contributed by atoms with van der Waals surface area (Å²) < 4.78 is 13.1. The Bertz CT molecular complexity index is 424. The van der Waals surface area contributed by atoms with Crippen molar-refractivity contribution in [3.05, 3.63) is 35.1 Å². The van der Waals surface area contributed by atoms with Gasteiger partial charge in [-0.2, -0.15) is 23.5 Å². The Morgan fingerprint density at radius 3 is 2.67 bits per heavy atom. The molecule has 0 aromatic heterocycles.